The van der Waals surface area contributed by atoms with Gasteiger partial charge in [-0.15, -0.1) is 0 Å². The maximum Gasteiger partial charge on any atom is 0.305 e. The fourth-order valence-corrected chi connectivity index (χ4v) is 7.85. The summed E-state index contributed by atoms with van der Waals surface area (Å²) in [7, 11) is 2.86. The number of rotatable bonds is 7. The van der Waals surface area contributed by atoms with E-state index in [4.69, 9.17) is 9.47 Å². The molecule has 6 atom stereocenters. The van der Waals surface area contributed by atoms with E-state index in [1.54, 1.807) is 37.3 Å². The normalized spacial score (nSPS) is 29.7. The van der Waals surface area contributed by atoms with Crippen LogP contribution in [0.3, 0.4) is 0 Å². The number of aliphatic carboxylic acids is 1. The maximum absolute atomic E-state index is 14.5. The predicted molar refractivity (Wildman–Crippen MR) is 151 cm³/mol. The second-order valence-electron chi connectivity index (χ2n) is 11.7. The molecule has 43 heavy (non-hydrogen) atoms. The molecule has 0 bridgehead atoms. The molecule has 2 aliphatic carbocycles. The van der Waals surface area contributed by atoms with Crippen LogP contribution in [0, 0.1) is 29.1 Å². The van der Waals surface area contributed by atoms with Crippen molar-refractivity contribution < 1.29 is 43.7 Å². The van der Waals surface area contributed by atoms with Gasteiger partial charge in [-0.05, 0) is 37.8 Å². The van der Waals surface area contributed by atoms with Crippen molar-refractivity contribution in [2.24, 2.45) is 29.1 Å². The number of phenolic OH excluding ortho intramolecular Hbond substituents is 1. The van der Waals surface area contributed by atoms with E-state index >= 15 is 0 Å². The third-order valence-electron chi connectivity index (χ3n) is 9.75. The number of benzene rings is 2. The van der Waals surface area contributed by atoms with Crippen molar-refractivity contribution in [3.05, 3.63) is 59.7 Å². The first-order valence-corrected chi connectivity index (χ1v) is 14.2. The van der Waals surface area contributed by atoms with Gasteiger partial charge in [-0.25, -0.2) is 4.90 Å². The molecule has 3 fully saturated rings. The number of phenols is 1. The second kappa shape index (κ2) is 10.3. The summed E-state index contributed by atoms with van der Waals surface area (Å²) in [6.07, 6.45) is 1.89. The number of carbonyl (C=O) groups is 5. The average molecular weight is 589 g/mol. The molecule has 4 amide bonds. The zero-order valence-electron chi connectivity index (χ0n) is 24.0. The van der Waals surface area contributed by atoms with Crippen molar-refractivity contribution >= 4 is 35.3 Å². The van der Waals surface area contributed by atoms with Crippen molar-refractivity contribution in [3.63, 3.8) is 0 Å². The van der Waals surface area contributed by atoms with Gasteiger partial charge in [0.1, 0.15) is 17.2 Å². The summed E-state index contributed by atoms with van der Waals surface area (Å²) in [5, 5.41) is 19.6. The Bertz CT molecular complexity index is 1560. The molecule has 2 aliphatic heterocycles. The molecule has 0 aromatic heterocycles. The Kier molecular flexibility index (Phi) is 6.78. The summed E-state index contributed by atoms with van der Waals surface area (Å²) in [5.41, 5.74) is 0.284. The first kappa shape index (κ1) is 28.4. The molecule has 2 aromatic carbocycles. The number of methoxy groups -OCH3 is 2. The summed E-state index contributed by atoms with van der Waals surface area (Å²) in [4.78, 5) is 69.4. The molecule has 0 radical (unpaired) electrons. The molecule has 2 saturated heterocycles. The number of aromatic hydroxyl groups is 1. The molecule has 6 rings (SSSR count). The Balaban J connectivity index is 1.54. The summed E-state index contributed by atoms with van der Waals surface area (Å²) >= 11 is 0. The van der Waals surface area contributed by atoms with E-state index in [-0.39, 0.29) is 43.1 Å². The van der Waals surface area contributed by atoms with Crippen LogP contribution in [-0.2, 0) is 24.0 Å². The topological polar surface area (TPSA) is 151 Å². The van der Waals surface area contributed by atoms with E-state index in [0.717, 1.165) is 10.5 Å². The molecule has 11 heteroatoms. The lowest BCUT2D eigenvalue weighted by atomic mass is 9.51. The summed E-state index contributed by atoms with van der Waals surface area (Å²) in [6, 6.07) is 11.5. The van der Waals surface area contributed by atoms with Gasteiger partial charge in [-0.1, -0.05) is 29.8 Å². The number of amides is 4. The average Bonchev–Trinajstić information content (AvgIpc) is 3.35. The molecule has 2 N–H and O–H groups in total. The second-order valence-corrected chi connectivity index (χ2v) is 11.7. The predicted octanol–water partition coefficient (Wildman–Crippen LogP) is 3.11. The van der Waals surface area contributed by atoms with Gasteiger partial charge in [0, 0.05) is 30.2 Å². The van der Waals surface area contributed by atoms with Crippen molar-refractivity contribution in [1.82, 2.24) is 4.90 Å². The van der Waals surface area contributed by atoms with Gasteiger partial charge in [0.15, 0.2) is 0 Å². The first-order valence-electron chi connectivity index (χ1n) is 14.2. The molecule has 0 spiro atoms. The quantitative estimate of drug-likeness (QED) is 0.367. The van der Waals surface area contributed by atoms with Crippen LogP contribution in [-0.4, -0.2) is 65.5 Å². The molecule has 2 aromatic rings. The Hall–Kier alpha value is -4.67. The third-order valence-corrected chi connectivity index (χ3v) is 9.75. The number of carboxylic acids is 1. The Morgan fingerprint density at radius 2 is 1.63 bits per heavy atom. The van der Waals surface area contributed by atoms with Crippen molar-refractivity contribution in [3.8, 4) is 17.2 Å². The van der Waals surface area contributed by atoms with Gasteiger partial charge in [-0.3, -0.25) is 28.9 Å². The molecule has 224 valence electrons. The fraction of sp³-hybridized carbons (Fsp3) is 0.406. The van der Waals surface area contributed by atoms with Gasteiger partial charge in [0.2, 0.25) is 23.6 Å². The highest BCUT2D eigenvalue weighted by Gasteiger charge is 2.68. The van der Waals surface area contributed by atoms with Crippen molar-refractivity contribution in [2.45, 2.75) is 32.1 Å². The number of ether oxygens (including phenoxy) is 2. The highest BCUT2D eigenvalue weighted by atomic mass is 16.5. The summed E-state index contributed by atoms with van der Waals surface area (Å²) in [6.45, 7) is 1.52. The van der Waals surface area contributed by atoms with E-state index in [1.807, 2.05) is 6.08 Å². The number of allylic oxidation sites excluding steroid dienone is 2. The number of likely N-dealkylation sites (tertiary alicyclic amines) is 1. The number of nitrogens with zero attached hydrogens (tertiary/aromatic N) is 2. The van der Waals surface area contributed by atoms with Crippen LogP contribution in [0.25, 0.3) is 0 Å². The molecular weight excluding hydrogens is 556 g/mol. The Labute approximate surface area is 247 Å². The fourth-order valence-electron chi connectivity index (χ4n) is 7.85. The van der Waals surface area contributed by atoms with Gasteiger partial charge < -0.3 is 19.7 Å². The lowest BCUT2D eigenvalue weighted by molar-refractivity contribution is -0.142. The number of hydrogen-bond acceptors (Lipinski definition) is 8. The van der Waals surface area contributed by atoms with Crippen LogP contribution in [0.15, 0.2) is 54.1 Å². The maximum atomic E-state index is 14.5. The number of para-hydroxylation sites is 1. The Morgan fingerprint density at radius 1 is 0.977 bits per heavy atom. The zero-order valence-corrected chi connectivity index (χ0v) is 24.0. The van der Waals surface area contributed by atoms with Crippen LogP contribution in [0.2, 0.25) is 0 Å². The summed E-state index contributed by atoms with van der Waals surface area (Å²) < 4.78 is 11.4. The van der Waals surface area contributed by atoms with E-state index in [1.165, 1.54) is 31.3 Å². The van der Waals surface area contributed by atoms with Crippen LogP contribution in [0.5, 0.6) is 17.2 Å². The highest BCUT2D eigenvalue weighted by Crippen LogP contribution is 2.65. The molecular formula is C32H32N2O9. The molecule has 4 aliphatic rings. The SMILES string of the molecule is COc1cc(O)cc(OC)c1C1C2=CCC3C(=O)N(CCC(=O)O)C(=O)C3C2CC2C(=O)N(c3ccccc3)C(=O)C21C. The highest BCUT2D eigenvalue weighted by molar-refractivity contribution is 6.24. The van der Waals surface area contributed by atoms with E-state index < -0.39 is 64.6 Å². The van der Waals surface area contributed by atoms with E-state index in [9.17, 15) is 34.2 Å². The molecule has 6 unspecified atom stereocenters. The van der Waals surface area contributed by atoms with Crippen LogP contribution in [0.4, 0.5) is 5.69 Å². The number of imide groups is 2. The molecule has 11 nitrogen and oxygen atoms in total. The minimum Gasteiger partial charge on any atom is -0.508 e. The van der Waals surface area contributed by atoms with Crippen LogP contribution < -0.4 is 14.4 Å². The number of carbonyl (C=O) groups excluding carboxylic acids is 4. The van der Waals surface area contributed by atoms with Gasteiger partial charge in [0.05, 0.1) is 49.5 Å². The lowest BCUT2D eigenvalue weighted by Gasteiger charge is -2.49. The summed E-state index contributed by atoms with van der Waals surface area (Å²) in [5.74, 6) is -6.17. The van der Waals surface area contributed by atoms with Gasteiger partial charge >= 0.3 is 5.97 Å². The van der Waals surface area contributed by atoms with Crippen molar-refractivity contribution in [1.29, 1.82) is 0 Å². The molecule has 1 saturated carbocycles. The third kappa shape index (κ3) is 4.04. The zero-order chi connectivity index (χ0) is 30.8. The molecule has 2 heterocycles. The monoisotopic (exact) mass is 588 g/mol. The van der Waals surface area contributed by atoms with Crippen LogP contribution >= 0.6 is 0 Å². The number of carboxylic acid groups (broad SMARTS) is 1. The van der Waals surface area contributed by atoms with Gasteiger partial charge in [-0.2, -0.15) is 0 Å². The van der Waals surface area contributed by atoms with E-state index in [2.05, 4.69) is 0 Å². The smallest absolute Gasteiger partial charge is 0.305 e. The number of hydrogen-bond donors (Lipinski definition) is 2. The largest absolute Gasteiger partial charge is 0.508 e. The first-order chi connectivity index (χ1) is 20.5. The standard InChI is InChI=1S/C32H32N2O9/c1-32-21(29(39)34(31(32)41)16-7-5-4-6-8-16)15-20-18(27(32)26-22(42-2)13-17(35)14-23(26)43-3)9-10-19-25(20)30(40)33(28(19)38)12-11-24(36)37/h4-9,13-14,19-21,25,27,35H,10-12,15H2,1-3H3,(H,36,37). The minimum atomic E-state index is -1.33. The minimum absolute atomic E-state index is 0.116. The van der Waals surface area contributed by atoms with Crippen molar-refractivity contribution in [2.75, 3.05) is 25.7 Å². The van der Waals surface area contributed by atoms with Crippen LogP contribution in [0.1, 0.15) is 37.7 Å². The van der Waals surface area contributed by atoms with Gasteiger partial charge in [0.25, 0.3) is 0 Å². The van der Waals surface area contributed by atoms with E-state index in [0.29, 0.717) is 11.3 Å². The number of fused-ring (bicyclic) bond motifs is 4. The number of anilines is 1. The Morgan fingerprint density at radius 3 is 2.23 bits per heavy atom. The lowest BCUT2D eigenvalue weighted by Crippen LogP contribution is -2.49.